The van der Waals surface area contributed by atoms with E-state index in [1.165, 1.54) is 28.7 Å². The first-order valence-corrected chi connectivity index (χ1v) is 9.50. The predicted octanol–water partition coefficient (Wildman–Crippen LogP) is 6.34. The van der Waals surface area contributed by atoms with Crippen molar-refractivity contribution in [3.8, 4) is 0 Å². The van der Waals surface area contributed by atoms with Gasteiger partial charge in [0.05, 0.1) is 19.3 Å². The van der Waals surface area contributed by atoms with Gasteiger partial charge in [-0.15, -0.1) is 0 Å². The summed E-state index contributed by atoms with van der Waals surface area (Å²) in [5.41, 5.74) is 5.70. The lowest BCUT2D eigenvalue weighted by atomic mass is 10.0. The molecule has 0 aliphatic heterocycles. The smallest absolute Gasteiger partial charge is 0.0774 e. The third kappa shape index (κ3) is 17.5. The van der Waals surface area contributed by atoms with Gasteiger partial charge in [-0.2, -0.15) is 0 Å². The molecule has 1 atom stereocenters. The van der Waals surface area contributed by atoms with E-state index < -0.39 is 6.10 Å². The summed E-state index contributed by atoms with van der Waals surface area (Å²) in [7, 11) is 0. The van der Waals surface area contributed by atoms with Crippen LogP contribution in [0.3, 0.4) is 0 Å². The summed E-state index contributed by atoms with van der Waals surface area (Å²) < 4.78 is 5.30. The Kier molecular flexibility index (Phi) is 14.5. The van der Waals surface area contributed by atoms with Crippen LogP contribution in [0.15, 0.2) is 46.6 Å². The Labute approximate surface area is 156 Å². The number of hydrogen-bond donors (Lipinski definition) is 1. The van der Waals surface area contributed by atoms with Crippen LogP contribution >= 0.6 is 0 Å². The Bertz CT molecular complexity index is 460. The van der Waals surface area contributed by atoms with Crippen LogP contribution in [0.2, 0.25) is 0 Å². The fourth-order valence-electron chi connectivity index (χ4n) is 2.39. The molecule has 1 N–H and O–H groups in total. The lowest BCUT2D eigenvalue weighted by Gasteiger charge is -2.05. The quantitative estimate of drug-likeness (QED) is 0.311. The summed E-state index contributed by atoms with van der Waals surface area (Å²) in [5, 5.41) is 9.02. The van der Waals surface area contributed by atoms with Crippen LogP contribution in [-0.2, 0) is 4.74 Å². The molecule has 0 rings (SSSR count). The van der Waals surface area contributed by atoms with Crippen LogP contribution in [0.1, 0.15) is 73.1 Å². The van der Waals surface area contributed by atoms with Crippen molar-refractivity contribution in [2.75, 3.05) is 13.2 Å². The molecule has 0 fully saturated rings. The SMILES string of the molecule is [CH2][C@H](O)COC/C=C(\C)CC/C=C(\C)CC/C=C(\C)CCC=C(C)C. The molecular weight excluding hydrogens is 308 g/mol. The molecule has 25 heavy (non-hydrogen) atoms. The van der Waals surface area contributed by atoms with E-state index in [-0.39, 0.29) is 0 Å². The van der Waals surface area contributed by atoms with Gasteiger partial charge in [-0.3, -0.25) is 0 Å². The molecular formula is C23H39O2. The van der Waals surface area contributed by atoms with Gasteiger partial charge in [0.2, 0.25) is 0 Å². The number of rotatable bonds is 13. The third-order valence-electron chi connectivity index (χ3n) is 4.01. The standard InChI is InChI=1S/C23H39O2/c1-19(2)10-7-11-20(3)12-8-13-21(4)14-9-15-22(5)16-17-25-18-23(6)24/h10,12,14,16,23-24H,6-9,11,13,15,17-18H2,1-5H3/b20-12+,21-14+,22-16+/t23-/m0/s1. The highest BCUT2D eigenvalue weighted by Crippen LogP contribution is 2.13. The first kappa shape index (κ1) is 23.9. The summed E-state index contributed by atoms with van der Waals surface area (Å²) in [6.07, 6.45) is 15.2. The molecule has 0 aromatic carbocycles. The summed E-state index contributed by atoms with van der Waals surface area (Å²) in [5.74, 6) is 0. The highest BCUT2D eigenvalue weighted by molar-refractivity contribution is 5.07. The van der Waals surface area contributed by atoms with E-state index >= 15 is 0 Å². The normalized spacial score (nSPS) is 14.6. The molecule has 0 heterocycles. The lowest BCUT2D eigenvalue weighted by molar-refractivity contribution is 0.0731. The van der Waals surface area contributed by atoms with Gasteiger partial charge in [-0.25, -0.2) is 0 Å². The Balaban J connectivity index is 3.93. The molecule has 0 spiro atoms. The van der Waals surface area contributed by atoms with E-state index in [4.69, 9.17) is 9.84 Å². The van der Waals surface area contributed by atoms with Gasteiger partial charge in [0, 0.05) is 0 Å². The average Bonchev–Trinajstić information content (AvgIpc) is 2.51. The van der Waals surface area contributed by atoms with E-state index in [2.05, 4.69) is 65.8 Å². The zero-order valence-electron chi connectivity index (χ0n) is 17.1. The third-order valence-corrected chi connectivity index (χ3v) is 4.01. The monoisotopic (exact) mass is 347 g/mol. The van der Waals surface area contributed by atoms with E-state index in [1.54, 1.807) is 0 Å². The summed E-state index contributed by atoms with van der Waals surface area (Å²) in [6.45, 7) is 15.2. The van der Waals surface area contributed by atoms with Gasteiger partial charge in [-0.05, 0) is 80.1 Å². The van der Waals surface area contributed by atoms with Gasteiger partial charge in [0.1, 0.15) is 0 Å². The summed E-state index contributed by atoms with van der Waals surface area (Å²) >= 11 is 0. The van der Waals surface area contributed by atoms with E-state index in [0.717, 1.165) is 32.1 Å². The molecule has 0 amide bonds. The first-order chi connectivity index (χ1) is 11.8. The number of allylic oxidation sites excluding steroid dienone is 7. The maximum Gasteiger partial charge on any atom is 0.0774 e. The fourth-order valence-corrected chi connectivity index (χ4v) is 2.39. The number of aliphatic hydroxyl groups is 1. The molecule has 0 aliphatic rings. The molecule has 0 bridgehead atoms. The van der Waals surface area contributed by atoms with Crippen LogP contribution < -0.4 is 0 Å². The van der Waals surface area contributed by atoms with Gasteiger partial charge >= 0.3 is 0 Å². The fraction of sp³-hybridized carbons (Fsp3) is 0.609. The molecule has 2 nitrogen and oxygen atoms in total. The van der Waals surface area contributed by atoms with E-state index in [9.17, 15) is 0 Å². The molecule has 0 saturated carbocycles. The second kappa shape index (κ2) is 15.2. The Morgan fingerprint density at radius 1 is 0.800 bits per heavy atom. The van der Waals surface area contributed by atoms with Gasteiger partial charge in [0.15, 0.2) is 0 Å². The second-order valence-electron chi connectivity index (χ2n) is 7.24. The summed E-state index contributed by atoms with van der Waals surface area (Å²) in [4.78, 5) is 0. The molecule has 0 saturated heterocycles. The van der Waals surface area contributed by atoms with Crippen molar-refractivity contribution < 1.29 is 9.84 Å². The number of aliphatic hydroxyl groups excluding tert-OH is 1. The molecule has 143 valence electrons. The van der Waals surface area contributed by atoms with E-state index in [1.807, 2.05) is 0 Å². The zero-order chi connectivity index (χ0) is 19.1. The van der Waals surface area contributed by atoms with Crippen LogP contribution in [0.5, 0.6) is 0 Å². The van der Waals surface area contributed by atoms with Crippen molar-refractivity contribution in [2.45, 2.75) is 79.2 Å². The second-order valence-corrected chi connectivity index (χ2v) is 7.24. The van der Waals surface area contributed by atoms with Crippen LogP contribution in [0.4, 0.5) is 0 Å². The maximum absolute atomic E-state index is 9.02. The van der Waals surface area contributed by atoms with Gasteiger partial charge in [0.25, 0.3) is 0 Å². The zero-order valence-corrected chi connectivity index (χ0v) is 17.1. The maximum atomic E-state index is 9.02. The lowest BCUT2D eigenvalue weighted by Crippen LogP contribution is -2.10. The minimum atomic E-state index is -0.635. The van der Waals surface area contributed by atoms with Gasteiger partial charge in [-0.1, -0.05) is 46.6 Å². The number of ether oxygens (including phenoxy) is 1. The van der Waals surface area contributed by atoms with E-state index in [0.29, 0.717) is 13.2 Å². The van der Waals surface area contributed by atoms with Crippen LogP contribution in [0.25, 0.3) is 0 Å². The first-order valence-electron chi connectivity index (χ1n) is 9.50. The van der Waals surface area contributed by atoms with Crippen molar-refractivity contribution in [1.29, 1.82) is 0 Å². The van der Waals surface area contributed by atoms with Crippen LogP contribution in [0, 0.1) is 6.92 Å². The van der Waals surface area contributed by atoms with Gasteiger partial charge < -0.3 is 9.84 Å². The molecule has 0 unspecified atom stereocenters. The van der Waals surface area contributed by atoms with Crippen molar-refractivity contribution in [3.05, 3.63) is 53.5 Å². The number of hydrogen-bond acceptors (Lipinski definition) is 2. The molecule has 0 aliphatic carbocycles. The minimum Gasteiger partial charge on any atom is -0.391 e. The summed E-state index contributed by atoms with van der Waals surface area (Å²) in [6, 6.07) is 0. The highest BCUT2D eigenvalue weighted by atomic mass is 16.5. The highest BCUT2D eigenvalue weighted by Gasteiger charge is 1.95. The largest absolute Gasteiger partial charge is 0.391 e. The Hall–Kier alpha value is -1.12. The van der Waals surface area contributed by atoms with Crippen molar-refractivity contribution in [1.82, 2.24) is 0 Å². The molecule has 0 aromatic rings. The average molecular weight is 348 g/mol. The molecule has 1 radical (unpaired) electrons. The topological polar surface area (TPSA) is 29.5 Å². The van der Waals surface area contributed by atoms with Crippen molar-refractivity contribution in [3.63, 3.8) is 0 Å². The molecule has 0 aromatic heterocycles. The minimum absolute atomic E-state index is 0.296. The van der Waals surface area contributed by atoms with Crippen molar-refractivity contribution >= 4 is 0 Å². The Morgan fingerprint density at radius 3 is 1.68 bits per heavy atom. The predicted molar refractivity (Wildman–Crippen MR) is 111 cm³/mol. The Morgan fingerprint density at radius 2 is 1.24 bits per heavy atom. The van der Waals surface area contributed by atoms with Crippen molar-refractivity contribution in [2.24, 2.45) is 0 Å². The van der Waals surface area contributed by atoms with Crippen LogP contribution in [-0.4, -0.2) is 24.4 Å². The molecule has 2 heteroatoms.